The maximum atomic E-state index is 12.6. The molecule has 0 saturated heterocycles. The van der Waals surface area contributed by atoms with Crippen molar-refractivity contribution in [2.75, 3.05) is 6.61 Å². The molecule has 3 aromatic rings. The molecule has 1 heterocycles. The van der Waals surface area contributed by atoms with Gasteiger partial charge in [-0.2, -0.15) is 0 Å². The average Bonchev–Trinajstić information content (AvgIpc) is 3.16. The Morgan fingerprint density at radius 1 is 1.03 bits per heavy atom. The topological polar surface area (TPSA) is 92.4 Å². The molecular weight excluding hydrogens is 394 g/mol. The molecule has 1 unspecified atom stereocenters. The molecule has 7 heteroatoms. The Hall–Kier alpha value is -3.48. The molecule has 4 rings (SSSR count). The van der Waals surface area contributed by atoms with Gasteiger partial charge in [-0.25, -0.2) is 0 Å². The highest BCUT2D eigenvalue weighted by molar-refractivity contribution is 6.00. The van der Waals surface area contributed by atoms with Crippen molar-refractivity contribution in [3.8, 4) is 11.5 Å². The van der Waals surface area contributed by atoms with Crippen molar-refractivity contribution in [3.05, 3.63) is 59.3 Å². The molecule has 0 spiro atoms. The summed E-state index contributed by atoms with van der Waals surface area (Å²) in [6.45, 7) is 4.11. The highest BCUT2D eigenvalue weighted by Crippen LogP contribution is 2.29. The molecule has 0 bridgehead atoms. The van der Waals surface area contributed by atoms with Crippen molar-refractivity contribution >= 4 is 22.7 Å². The number of aromatic nitrogens is 1. The minimum Gasteiger partial charge on any atom is -0.494 e. The summed E-state index contributed by atoms with van der Waals surface area (Å²) < 4.78 is 11.0. The van der Waals surface area contributed by atoms with E-state index in [-0.39, 0.29) is 5.91 Å². The van der Waals surface area contributed by atoms with Gasteiger partial charge in [0.05, 0.1) is 6.61 Å². The van der Waals surface area contributed by atoms with Gasteiger partial charge in [0.1, 0.15) is 11.5 Å². The van der Waals surface area contributed by atoms with Gasteiger partial charge < -0.3 is 14.5 Å². The number of H-pyrrole nitrogens is 1. The third kappa shape index (κ3) is 4.66. The Labute approximate surface area is 181 Å². The van der Waals surface area contributed by atoms with Crippen molar-refractivity contribution in [1.29, 1.82) is 0 Å². The zero-order valence-electron chi connectivity index (χ0n) is 17.8. The number of fused-ring (bicyclic) bond motifs is 3. The summed E-state index contributed by atoms with van der Waals surface area (Å²) in [5.41, 5.74) is 9.04. The summed E-state index contributed by atoms with van der Waals surface area (Å²) in [5.74, 6) is 0.469. The van der Waals surface area contributed by atoms with E-state index in [2.05, 4.69) is 15.8 Å². The first-order valence-electron chi connectivity index (χ1n) is 10.7. The molecule has 0 saturated carbocycles. The number of ether oxygens (including phenoxy) is 2. The Bertz CT molecular complexity index is 1090. The second-order valence-corrected chi connectivity index (χ2v) is 7.66. The SMILES string of the molecule is CCOc1ccc(OC(C)C(=O)NNC(=O)c2ccc3[nH]c4c(c3c2)CCCC4)cc1. The van der Waals surface area contributed by atoms with Crippen LogP contribution in [0.3, 0.4) is 0 Å². The van der Waals surface area contributed by atoms with E-state index in [0.29, 0.717) is 17.9 Å². The van der Waals surface area contributed by atoms with E-state index >= 15 is 0 Å². The van der Waals surface area contributed by atoms with Crippen LogP contribution in [0.25, 0.3) is 10.9 Å². The van der Waals surface area contributed by atoms with Crippen LogP contribution in [0.1, 0.15) is 48.3 Å². The Kier molecular flexibility index (Phi) is 6.11. The van der Waals surface area contributed by atoms with Gasteiger partial charge in [0, 0.05) is 22.2 Å². The lowest BCUT2D eigenvalue weighted by Gasteiger charge is -2.15. The van der Waals surface area contributed by atoms with Crippen LogP contribution < -0.4 is 20.3 Å². The van der Waals surface area contributed by atoms with E-state index in [1.807, 2.05) is 19.1 Å². The van der Waals surface area contributed by atoms with Gasteiger partial charge in [-0.15, -0.1) is 0 Å². The van der Waals surface area contributed by atoms with E-state index in [4.69, 9.17) is 9.47 Å². The normalized spacial score (nSPS) is 13.9. The molecule has 7 nitrogen and oxygen atoms in total. The number of nitrogens with one attached hydrogen (secondary N) is 3. The second kappa shape index (κ2) is 9.12. The molecule has 162 valence electrons. The molecule has 0 radical (unpaired) electrons. The lowest BCUT2D eigenvalue weighted by atomic mass is 9.95. The Balaban J connectivity index is 1.34. The molecule has 1 atom stereocenters. The van der Waals surface area contributed by atoms with Crippen LogP contribution in [-0.4, -0.2) is 29.5 Å². The van der Waals surface area contributed by atoms with Crippen molar-refractivity contribution < 1.29 is 19.1 Å². The molecule has 1 aliphatic carbocycles. The number of hydrazine groups is 1. The second-order valence-electron chi connectivity index (χ2n) is 7.66. The molecule has 2 amide bonds. The van der Waals surface area contributed by atoms with Gasteiger partial charge in [0.25, 0.3) is 11.8 Å². The molecular formula is C24H27N3O4. The number of rotatable bonds is 6. The number of carbonyl (C=O) groups excluding carboxylic acids is 2. The van der Waals surface area contributed by atoms with Crippen molar-refractivity contribution in [2.24, 2.45) is 0 Å². The van der Waals surface area contributed by atoms with Crippen molar-refractivity contribution in [3.63, 3.8) is 0 Å². The van der Waals surface area contributed by atoms with E-state index in [0.717, 1.165) is 29.5 Å². The fraction of sp³-hybridized carbons (Fsp3) is 0.333. The molecule has 0 aliphatic heterocycles. The van der Waals surface area contributed by atoms with Crippen LogP contribution in [0.5, 0.6) is 11.5 Å². The summed E-state index contributed by atoms with van der Waals surface area (Å²) in [6.07, 6.45) is 3.65. The van der Waals surface area contributed by atoms with Gasteiger partial charge >= 0.3 is 0 Å². The highest BCUT2D eigenvalue weighted by atomic mass is 16.5. The maximum Gasteiger partial charge on any atom is 0.279 e. The molecule has 2 aromatic carbocycles. The summed E-state index contributed by atoms with van der Waals surface area (Å²) in [4.78, 5) is 28.4. The number of amides is 2. The predicted octanol–water partition coefficient (Wildman–Crippen LogP) is 3.67. The number of hydrogen-bond donors (Lipinski definition) is 3. The lowest BCUT2D eigenvalue weighted by molar-refractivity contribution is -0.128. The van der Waals surface area contributed by atoms with Gasteiger partial charge in [0.2, 0.25) is 0 Å². The first kappa shape index (κ1) is 20.8. The van der Waals surface area contributed by atoms with Crippen LogP contribution >= 0.6 is 0 Å². The summed E-state index contributed by atoms with van der Waals surface area (Å²) in [5, 5.41) is 1.08. The standard InChI is InChI=1S/C24H27N3O4/c1-3-30-17-9-11-18(12-10-17)31-15(2)23(28)26-27-24(29)16-8-13-22-20(14-16)19-6-4-5-7-21(19)25-22/h8-15,25H,3-7H2,1-2H3,(H,26,28)(H,27,29). The number of aryl methyl sites for hydroxylation is 2. The molecule has 1 aliphatic rings. The molecule has 1 aromatic heterocycles. The van der Waals surface area contributed by atoms with Crippen LogP contribution in [0.4, 0.5) is 0 Å². The van der Waals surface area contributed by atoms with Gasteiger partial charge in [-0.3, -0.25) is 20.4 Å². The largest absolute Gasteiger partial charge is 0.494 e. The van der Waals surface area contributed by atoms with Crippen LogP contribution in [0, 0.1) is 0 Å². The number of aromatic amines is 1. The highest BCUT2D eigenvalue weighted by Gasteiger charge is 2.18. The fourth-order valence-electron chi connectivity index (χ4n) is 3.88. The van der Waals surface area contributed by atoms with Gasteiger partial charge in [-0.1, -0.05) is 0 Å². The maximum absolute atomic E-state index is 12.6. The summed E-state index contributed by atoms with van der Waals surface area (Å²) in [6, 6.07) is 12.6. The lowest BCUT2D eigenvalue weighted by Crippen LogP contribution is -2.47. The minimum atomic E-state index is -0.780. The summed E-state index contributed by atoms with van der Waals surface area (Å²) >= 11 is 0. The third-order valence-corrected chi connectivity index (χ3v) is 5.48. The van der Waals surface area contributed by atoms with E-state index in [1.54, 1.807) is 37.3 Å². The van der Waals surface area contributed by atoms with Crippen LogP contribution in [-0.2, 0) is 17.6 Å². The molecule has 3 N–H and O–H groups in total. The van der Waals surface area contributed by atoms with E-state index in [9.17, 15) is 9.59 Å². The van der Waals surface area contributed by atoms with Crippen LogP contribution in [0.2, 0.25) is 0 Å². The average molecular weight is 421 g/mol. The summed E-state index contributed by atoms with van der Waals surface area (Å²) in [7, 11) is 0. The number of benzene rings is 2. The molecule has 0 fully saturated rings. The van der Waals surface area contributed by atoms with Crippen LogP contribution in [0.15, 0.2) is 42.5 Å². The zero-order chi connectivity index (χ0) is 21.8. The minimum absolute atomic E-state index is 0.366. The first-order valence-corrected chi connectivity index (χ1v) is 10.7. The third-order valence-electron chi connectivity index (χ3n) is 5.48. The Morgan fingerprint density at radius 2 is 1.77 bits per heavy atom. The van der Waals surface area contributed by atoms with Gasteiger partial charge in [-0.05, 0) is 87.6 Å². The van der Waals surface area contributed by atoms with E-state index in [1.165, 1.54) is 24.1 Å². The molecule has 31 heavy (non-hydrogen) atoms. The van der Waals surface area contributed by atoms with E-state index < -0.39 is 12.0 Å². The fourth-order valence-corrected chi connectivity index (χ4v) is 3.88. The first-order chi connectivity index (χ1) is 15.0. The van der Waals surface area contributed by atoms with Crippen molar-refractivity contribution in [2.45, 2.75) is 45.6 Å². The smallest absolute Gasteiger partial charge is 0.279 e. The Morgan fingerprint density at radius 3 is 2.55 bits per heavy atom. The van der Waals surface area contributed by atoms with Crippen molar-refractivity contribution in [1.82, 2.24) is 15.8 Å². The predicted molar refractivity (Wildman–Crippen MR) is 118 cm³/mol. The number of hydrogen-bond acceptors (Lipinski definition) is 4. The quantitative estimate of drug-likeness (QED) is 0.530. The number of carbonyl (C=O) groups is 2. The van der Waals surface area contributed by atoms with Gasteiger partial charge in [0.15, 0.2) is 6.10 Å². The monoisotopic (exact) mass is 421 g/mol. The zero-order valence-corrected chi connectivity index (χ0v) is 17.8.